The molecule has 3 nitrogen and oxygen atoms in total. The van der Waals surface area contributed by atoms with Gasteiger partial charge < -0.3 is 0 Å². The van der Waals surface area contributed by atoms with E-state index in [9.17, 15) is 18.0 Å². The molecule has 8 heteroatoms. The number of hydrogen-bond donors (Lipinski definition) is 1. The Morgan fingerprint density at radius 2 is 2.00 bits per heavy atom. The van der Waals surface area contributed by atoms with Crippen molar-refractivity contribution < 1.29 is 18.0 Å². The van der Waals surface area contributed by atoms with E-state index in [4.69, 9.17) is 0 Å². The molecule has 118 valence electrons. The predicted molar refractivity (Wildman–Crippen MR) is 83.5 cm³/mol. The number of aromatic nitrogens is 1. The molecule has 0 aliphatic carbocycles. The number of halogens is 3. The third kappa shape index (κ3) is 3.43. The summed E-state index contributed by atoms with van der Waals surface area (Å²) in [5.41, 5.74) is 0.557. The second-order valence-corrected chi connectivity index (χ2v) is 6.50. The molecule has 0 radical (unpaired) electrons. The van der Waals surface area contributed by atoms with Crippen LogP contribution in [0.5, 0.6) is 0 Å². The average Bonchev–Trinajstić information content (AvgIpc) is 3.20. The number of amides is 1. The van der Waals surface area contributed by atoms with Crippen LogP contribution in [0.2, 0.25) is 0 Å². The van der Waals surface area contributed by atoms with Crippen LogP contribution in [0.1, 0.15) is 20.8 Å². The Bertz CT molecular complexity index is 847. The molecule has 0 unspecified atom stereocenters. The van der Waals surface area contributed by atoms with E-state index < -0.39 is 17.5 Å². The second kappa shape index (κ2) is 6.51. The van der Waals surface area contributed by atoms with Crippen molar-refractivity contribution in [3.63, 3.8) is 0 Å². The van der Waals surface area contributed by atoms with Crippen molar-refractivity contribution in [2.75, 3.05) is 5.32 Å². The summed E-state index contributed by atoms with van der Waals surface area (Å²) in [6.45, 7) is 0. The molecule has 0 spiro atoms. The lowest BCUT2D eigenvalue weighted by molar-refractivity contribution is 0.102. The molecule has 0 fully saturated rings. The summed E-state index contributed by atoms with van der Waals surface area (Å²) in [5.74, 6) is -4.20. The average molecular weight is 354 g/mol. The first-order chi connectivity index (χ1) is 11.0. The van der Waals surface area contributed by atoms with E-state index in [2.05, 4.69) is 10.3 Å². The molecule has 1 N–H and O–H groups in total. The number of thiazole rings is 1. The molecule has 23 heavy (non-hydrogen) atoms. The van der Waals surface area contributed by atoms with Gasteiger partial charge in [0.15, 0.2) is 22.6 Å². The van der Waals surface area contributed by atoms with Gasteiger partial charge in [-0.05, 0) is 23.1 Å². The van der Waals surface area contributed by atoms with Gasteiger partial charge in [-0.3, -0.25) is 10.1 Å². The minimum atomic E-state index is -1.49. The first kappa shape index (κ1) is 15.7. The Kier molecular flexibility index (Phi) is 4.44. The molecule has 2 heterocycles. The van der Waals surface area contributed by atoms with Crippen LogP contribution in [0.3, 0.4) is 0 Å². The van der Waals surface area contributed by atoms with E-state index in [1.807, 2.05) is 0 Å². The number of rotatable bonds is 4. The number of thiophene rings is 1. The predicted octanol–water partition coefficient (Wildman–Crippen LogP) is 4.47. The minimum absolute atomic E-state index is 0.0308. The van der Waals surface area contributed by atoms with Gasteiger partial charge in [0.2, 0.25) is 0 Å². The van der Waals surface area contributed by atoms with Crippen molar-refractivity contribution in [3.8, 4) is 0 Å². The minimum Gasteiger partial charge on any atom is -0.298 e. The van der Waals surface area contributed by atoms with Crippen molar-refractivity contribution >= 4 is 33.7 Å². The highest BCUT2D eigenvalue weighted by molar-refractivity contribution is 7.15. The van der Waals surface area contributed by atoms with E-state index >= 15 is 0 Å². The molecule has 2 aromatic heterocycles. The van der Waals surface area contributed by atoms with E-state index in [1.165, 1.54) is 23.6 Å². The number of anilines is 1. The molecule has 3 aromatic rings. The van der Waals surface area contributed by atoms with Crippen molar-refractivity contribution in [1.82, 2.24) is 4.98 Å². The SMILES string of the molecule is O=C(Nc1ncc(Cc2ccc(F)c(F)c2F)s1)c1ccsc1. The third-order valence-electron chi connectivity index (χ3n) is 3.04. The maximum absolute atomic E-state index is 13.7. The van der Waals surface area contributed by atoms with Crippen molar-refractivity contribution in [2.45, 2.75) is 6.42 Å². The number of carbonyl (C=O) groups is 1. The highest BCUT2D eigenvalue weighted by Crippen LogP contribution is 2.24. The highest BCUT2D eigenvalue weighted by atomic mass is 32.1. The van der Waals surface area contributed by atoms with Crippen molar-refractivity contribution in [2.24, 2.45) is 0 Å². The normalized spacial score (nSPS) is 10.7. The van der Waals surface area contributed by atoms with Gasteiger partial charge in [-0.1, -0.05) is 6.07 Å². The highest BCUT2D eigenvalue weighted by Gasteiger charge is 2.15. The molecule has 0 atom stereocenters. The van der Waals surface area contributed by atoms with Crippen LogP contribution in [0.25, 0.3) is 0 Å². The summed E-state index contributed by atoms with van der Waals surface area (Å²) in [7, 11) is 0. The monoisotopic (exact) mass is 354 g/mol. The summed E-state index contributed by atoms with van der Waals surface area (Å²) >= 11 is 2.55. The Morgan fingerprint density at radius 3 is 2.74 bits per heavy atom. The maximum Gasteiger partial charge on any atom is 0.258 e. The van der Waals surface area contributed by atoms with E-state index in [1.54, 1.807) is 16.8 Å². The number of hydrogen-bond acceptors (Lipinski definition) is 4. The van der Waals surface area contributed by atoms with Crippen molar-refractivity contribution in [3.05, 3.63) is 68.6 Å². The van der Waals surface area contributed by atoms with Crippen LogP contribution < -0.4 is 5.32 Å². The van der Waals surface area contributed by atoms with Gasteiger partial charge in [-0.25, -0.2) is 18.2 Å². The topological polar surface area (TPSA) is 42.0 Å². The summed E-state index contributed by atoms with van der Waals surface area (Å²) in [5, 5.41) is 6.49. The quantitative estimate of drug-likeness (QED) is 0.703. The molecule has 1 amide bonds. The summed E-state index contributed by atoms with van der Waals surface area (Å²) in [6, 6.07) is 3.76. The fraction of sp³-hybridized carbons (Fsp3) is 0.0667. The van der Waals surface area contributed by atoms with Gasteiger partial charge >= 0.3 is 0 Å². The summed E-state index contributed by atoms with van der Waals surface area (Å²) in [4.78, 5) is 16.5. The molecular formula is C15H9F3N2OS2. The Balaban J connectivity index is 1.73. The van der Waals surface area contributed by atoms with Crippen LogP contribution in [-0.4, -0.2) is 10.9 Å². The zero-order valence-corrected chi connectivity index (χ0v) is 13.1. The van der Waals surface area contributed by atoms with Gasteiger partial charge in [0.1, 0.15) is 0 Å². The Labute approximate surface area is 137 Å². The smallest absolute Gasteiger partial charge is 0.258 e. The largest absolute Gasteiger partial charge is 0.298 e. The summed E-state index contributed by atoms with van der Waals surface area (Å²) < 4.78 is 39.8. The lowest BCUT2D eigenvalue weighted by atomic mass is 10.1. The van der Waals surface area contributed by atoms with E-state index in [0.717, 1.165) is 17.4 Å². The molecule has 0 aliphatic rings. The number of benzene rings is 1. The van der Waals surface area contributed by atoms with Crippen LogP contribution >= 0.6 is 22.7 Å². The van der Waals surface area contributed by atoms with Gasteiger partial charge in [-0.15, -0.1) is 11.3 Å². The van der Waals surface area contributed by atoms with Gasteiger partial charge in [0, 0.05) is 22.9 Å². The Morgan fingerprint density at radius 1 is 1.17 bits per heavy atom. The van der Waals surface area contributed by atoms with Gasteiger partial charge in [0.05, 0.1) is 5.56 Å². The first-order valence-corrected chi connectivity index (χ1v) is 8.21. The molecule has 3 rings (SSSR count). The molecule has 0 aliphatic heterocycles. The van der Waals surface area contributed by atoms with Crippen LogP contribution in [0.15, 0.2) is 35.2 Å². The molecule has 1 aromatic carbocycles. The molecule has 0 bridgehead atoms. The number of nitrogens with zero attached hydrogens (tertiary/aromatic N) is 1. The van der Waals surface area contributed by atoms with Crippen LogP contribution in [0.4, 0.5) is 18.3 Å². The third-order valence-corrected chi connectivity index (χ3v) is 4.63. The maximum atomic E-state index is 13.7. The van der Waals surface area contributed by atoms with E-state index in [0.29, 0.717) is 15.6 Å². The first-order valence-electron chi connectivity index (χ1n) is 6.45. The lowest BCUT2D eigenvalue weighted by Gasteiger charge is -2.02. The van der Waals surface area contributed by atoms with Crippen LogP contribution in [-0.2, 0) is 6.42 Å². The zero-order valence-electron chi connectivity index (χ0n) is 11.5. The number of nitrogens with one attached hydrogen (secondary N) is 1. The van der Waals surface area contributed by atoms with Crippen LogP contribution in [0, 0.1) is 17.5 Å². The fourth-order valence-electron chi connectivity index (χ4n) is 1.90. The van der Waals surface area contributed by atoms with Crippen molar-refractivity contribution in [1.29, 1.82) is 0 Å². The standard InChI is InChI=1S/C15H9F3N2OS2/c16-11-2-1-8(12(17)13(11)18)5-10-6-19-15(23-10)20-14(21)9-3-4-22-7-9/h1-4,6-7H,5H2,(H,19,20,21). The van der Waals surface area contributed by atoms with E-state index in [-0.39, 0.29) is 17.9 Å². The second-order valence-electron chi connectivity index (χ2n) is 4.61. The van der Waals surface area contributed by atoms with Gasteiger partial charge in [-0.2, -0.15) is 11.3 Å². The molecular weight excluding hydrogens is 345 g/mol. The molecule has 0 saturated heterocycles. The lowest BCUT2D eigenvalue weighted by Crippen LogP contribution is -2.10. The zero-order chi connectivity index (χ0) is 16.4. The van der Waals surface area contributed by atoms with Gasteiger partial charge in [0.25, 0.3) is 5.91 Å². The Hall–Kier alpha value is -2.19. The fourth-order valence-corrected chi connectivity index (χ4v) is 3.37. The number of carbonyl (C=O) groups excluding carboxylic acids is 1. The summed E-state index contributed by atoms with van der Waals surface area (Å²) in [6.07, 6.45) is 1.53. The molecule has 0 saturated carbocycles.